The first-order chi connectivity index (χ1) is 16.3. The second kappa shape index (κ2) is 9.99. The van der Waals surface area contributed by atoms with Crippen LogP contribution in [0.2, 0.25) is 0 Å². The highest BCUT2D eigenvalue weighted by Gasteiger charge is 2.28. The molecule has 0 unspecified atom stereocenters. The van der Waals surface area contributed by atoms with Crippen LogP contribution in [-0.2, 0) is 13.0 Å². The molecule has 0 spiro atoms. The number of aromatic nitrogens is 5. The van der Waals surface area contributed by atoms with E-state index in [0.717, 1.165) is 56.6 Å². The maximum atomic E-state index is 12.9. The van der Waals surface area contributed by atoms with Gasteiger partial charge in [-0.3, -0.25) is 15.2 Å². The number of unbranched alkanes of at least 4 members (excludes halogenated alkanes) is 1. The van der Waals surface area contributed by atoms with E-state index >= 15 is 0 Å². The van der Waals surface area contributed by atoms with Crippen molar-refractivity contribution < 1.29 is 4.79 Å². The van der Waals surface area contributed by atoms with Crippen LogP contribution in [0.4, 0.5) is 10.8 Å². The van der Waals surface area contributed by atoms with Crippen LogP contribution in [0.25, 0.3) is 0 Å². The average molecular weight is 462 g/mol. The summed E-state index contributed by atoms with van der Waals surface area (Å²) in [5.41, 5.74) is 3.94. The molecule has 1 aliphatic heterocycles. The van der Waals surface area contributed by atoms with Crippen LogP contribution in [0.5, 0.6) is 0 Å². The molecule has 2 N–H and O–H groups in total. The number of nitrogens with zero attached hydrogens (tertiary/aromatic N) is 5. The van der Waals surface area contributed by atoms with Crippen LogP contribution in [0, 0.1) is 0 Å². The third kappa shape index (κ3) is 4.98. The molecule has 4 aromatic rings. The second-order valence-corrected chi connectivity index (χ2v) is 9.10. The minimum absolute atomic E-state index is 0.120. The van der Waals surface area contributed by atoms with Crippen LogP contribution in [0.1, 0.15) is 53.6 Å². The number of anilines is 2. The summed E-state index contributed by atoms with van der Waals surface area (Å²) in [4.78, 5) is 20.1. The normalized spacial score (nSPS) is 15.8. The van der Waals surface area contributed by atoms with E-state index < -0.39 is 0 Å². The number of amides is 1. The topological polar surface area (TPSA) is 91.7 Å². The minimum Gasteiger partial charge on any atom is -0.363 e. The number of H-pyrrole nitrogens is 1. The summed E-state index contributed by atoms with van der Waals surface area (Å²) in [6.07, 6.45) is 8.79. The number of hydrogen-bond acceptors (Lipinski definition) is 6. The van der Waals surface area contributed by atoms with Crippen LogP contribution < -0.4 is 10.2 Å². The number of aromatic amines is 1. The predicted octanol–water partition coefficient (Wildman–Crippen LogP) is 4.68. The van der Waals surface area contributed by atoms with Gasteiger partial charge in [0, 0.05) is 30.4 Å². The van der Waals surface area contributed by atoms with Crippen molar-refractivity contribution >= 4 is 28.1 Å². The largest absolute Gasteiger partial charge is 0.363 e. The fourth-order valence-corrected chi connectivity index (χ4v) is 5.17. The van der Waals surface area contributed by atoms with Crippen molar-refractivity contribution in [2.24, 2.45) is 0 Å². The van der Waals surface area contributed by atoms with E-state index in [2.05, 4.69) is 55.3 Å². The van der Waals surface area contributed by atoms with Crippen molar-refractivity contribution in [2.45, 2.75) is 44.7 Å². The van der Waals surface area contributed by atoms with Crippen LogP contribution in [-0.4, -0.2) is 37.4 Å². The summed E-state index contributed by atoms with van der Waals surface area (Å²) in [6, 6.07) is 14.5. The lowest BCUT2D eigenvalue weighted by Crippen LogP contribution is -2.22. The first-order valence-corrected chi connectivity index (χ1v) is 12.2. The molecule has 1 fully saturated rings. The Bertz CT molecular complexity index is 1170. The number of benzene rings is 1. The monoisotopic (exact) mass is 461 g/mol. The van der Waals surface area contributed by atoms with E-state index in [1.54, 1.807) is 6.20 Å². The zero-order chi connectivity index (χ0) is 22.5. The first-order valence-electron chi connectivity index (χ1n) is 11.4. The summed E-state index contributed by atoms with van der Waals surface area (Å²) >= 11 is 1.49. The Labute approximate surface area is 196 Å². The number of para-hydroxylation sites is 1. The molecule has 3 aromatic heterocycles. The van der Waals surface area contributed by atoms with Gasteiger partial charge in [0.25, 0.3) is 5.91 Å². The molecule has 9 heteroatoms. The molecule has 1 atom stereocenters. The molecule has 5 rings (SSSR count). The van der Waals surface area contributed by atoms with Crippen LogP contribution in [0.15, 0.2) is 60.2 Å². The zero-order valence-electron chi connectivity index (χ0n) is 18.4. The number of rotatable bonds is 9. The molecule has 4 heterocycles. The van der Waals surface area contributed by atoms with Crippen molar-refractivity contribution in [1.29, 1.82) is 0 Å². The smallest absolute Gasteiger partial charge is 0.274 e. The summed E-state index contributed by atoms with van der Waals surface area (Å²) in [7, 11) is 0. The highest BCUT2D eigenvalue weighted by atomic mass is 32.1. The number of carbonyl (C=O) groups is 1. The first kappa shape index (κ1) is 21.4. The maximum absolute atomic E-state index is 12.9. The Morgan fingerprint density at radius 2 is 2.09 bits per heavy atom. The molecule has 0 aliphatic carbocycles. The van der Waals surface area contributed by atoms with Gasteiger partial charge in [-0.05, 0) is 56.4 Å². The quantitative estimate of drug-likeness (QED) is 0.353. The van der Waals surface area contributed by atoms with Crippen LogP contribution >= 0.6 is 11.3 Å². The van der Waals surface area contributed by atoms with Gasteiger partial charge in [0.2, 0.25) is 0 Å². The molecular formula is C24H27N7OS. The summed E-state index contributed by atoms with van der Waals surface area (Å²) < 4.78 is 2.00. The van der Waals surface area contributed by atoms with E-state index in [9.17, 15) is 4.79 Å². The lowest BCUT2D eigenvalue weighted by molar-refractivity contribution is 0.101. The van der Waals surface area contributed by atoms with Gasteiger partial charge < -0.3 is 9.47 Å². The van der Waals surface area contributed by atoms with Gasteiger partial charge in [0.15, 0.2) is 5.13 Å². The number of thiazole rings is 1. The Hall–Kier alpha value is -3.46. The second-order valence-electron chi connectivity index (χ2n) is 8.24. The maximum Gasteiger partial charge on any atom is 0.274 e. The lowest BCUT2D eigenvalue weighted by Gasteiger charge is -2.25. The number of hydrogen-bond donors (Lipinski definition) is 2. The average Bonchev–Trinajstić information content (AvgIpc) is 3.64. The predicted molar refractivity (Wildman–Crippen MR) is 130 cm³/mol. The molecule has 0 saturated carbocycles. The van der Waals surface area contributed by atoms with E-state index in [1.165, 1.54) is 17.0 Å². The standard InChI is InChI=1S/C24H27N7OS/c32-23(22-12-6-14-30(22)13-5-4-8-18-16-25-29-28-18)27-24-26-20(17-33-24)21-11-7-15-31(21)19-9-2-1-3-10-19/h1-3,6,9-10,12,14,16-17,21H,4-5,7-8,11,13,15H2,(H,25,28,29)(H,26,27,32)/t21-/m1/s1. The SMILES string of the molecule is O=C(Nc1nc([C@H]2CCCN2c2ccccc2)cs1)c1cccn1CCCCc1cnn[nH]1. The molecule has 0 radical (unpaired) electrons. The molecule has 170 valence electrons. The van der Waals surface area contributed by atoms with Crippen molar-refractivity contribution in [2.75, 3.05) is 16.8 Å². The van der Waals surface area contributed by atoms with Gasteiger partial charge in [0.05, 0.1) is 23.6 Å². The number of nitrogens with one attached hydrogen (secondary N) is 2. The molecule has 1 saturated heterocycles. The molecule has 8 nitrogen and oxygen atoms in total. The Balaban J connectivity index is 1.19. The summed E-state index contributed by atoms with van der Waals surface area (Å²) in [5, 5.41) is 16.1. The Kier molecular flexibility index (Phi) is 6.48. The molecule has 1 amide bonds. The molecule has 1 aromatic carbocycles. The number of carbonyl (C=O) groups excluding carboxylic acids is 1. The van der Waals surface area contributed by atoms with Crippen molar-refractivity contribution in [3.8, 4) is 0 Å². The van der Waals surface area contributed by atoms with Crippen LogP contribution in [0.3, 0.4) is 0 Å². The molecule has 1 aliphatic rings. The van der Waals surface area contributed by atoms with Gasteiger partial charge in [-0.2, -0.15) is 0 Å². The highest BCUT2D eigenvalue weighted by molar-refractivity contribution is 7.14. The van der Waals surface area contributed by atoms with Gasteiger partial charge >= 0.3 is 0 Å². The van der Waals surface area contributed by atoms with Crippen molar-refractivity contribution in [3.63, 3.8) is 0 Å². The van der Waals surface area contributed by atoms with Gasteiger partial charge in [0.1, 0.15) is 5.69 Å². The third-order valence-corrected chi connectivity index (χ3v) is 6.82. The fourth-order valence-electron chi connectivity index (χ4n) is 4.41. The Morgan fingerprint density at radius 3 is 2.94 bits per heavy atom. The summed E-state index contributed by atoms with van der Waals surface area (Å²) in [6.45, 7) is 1.81. The lowest BCUT2D eigenvalue weighted by atomic mass is 10.1. The number of aryl methyl sites for hydroxylation is 2. The van der Waals surface area contributed by atoms with Gasteiger partial charge in [-0.15, -0.1) is 16.4 Å². The van der Waals surface area contributed by atoms with E-state index in [-0.39, 0.29) is 11.9 Å². The van der Waals surface area contributed by atoms with E-state index in [1.807, 2.05) is 29.0 Å². The fraction of sp³-hybridized carbons (Fsp3) is 0.333. The minimum atomic E-state index is -0.120. The van der Waals surface area contributed by atoms with Crippen molar-refractivity contribution in [3.05, 3.63) is 77.3 Å². The molecule has 33 heavy (non-hydrogen) atoms. The van der Waals surface area contributed by atoms with E-state index in [4.69, 9.17) is 4.98 Å². The Morgan fingerprint density at radius 1 is 1.18 bits per heavy atom. The zero-order valence-corrected chi connectivity index (χ0v) is 19.2. The van der Waals surface area contributed by atoms with Gasteiger partial charge in [-0.25, -0.2) is 4.98 Å². The van der Waals surface area contributed by atoms with Gasteiger partial charge in [-0.1, -0.05) is 23.4 Å². The molecule has 0 bridgehead atoms. The van der Waals surface area contributed by atoms with Crippen molar-refractivity contribution in [1.82, 2.24) is 25.0 Å². The van der Waals surface area contributed by atoms with E-state index in [0.29, 0.717) is 10.8 Å². The highest BCUT2D eigenvalue weighted by Crippen LogP contribution is 2.37. The third-order valence-electron chi connectivity index (χ3n) is 6.05. The molecular weight excluding hydrogens is 434 g/mol. The summed E-state index contributed by atoms with van der Waals surface area (Å²) in [5.74, 6) is -0.120.